The predicted molar refractivity (Wildman–Crippen MR) is 44.5 cm³/mol. The van der Waals surface area contributed by atoms with Crippen LogP contribution in [0.3, 0.4) is 0 Å². The number of hydrogen-bond acceptors (Lipinski definition) is 1. The zero-order valence-electron chi connectivity index (χ0n) is 4.24. The summed E-state index contributed by atoms with van der Waals surface area (Å²) >= 11 is 8.50. The highest BCUT2D eigenvalue weighted by atomic mass is 79.9. The van der Waals surface area contributed by atoms with E-state index >= 15 is 0 Å². The molecule has 0 saturated carbocycles. The van der Waals surface area contributed by atoms with E-state index in [1.807, 2.05) is 0 Å². The largest absolute Gasteiger partial charge is 0.135 e. The highest BCUT2D eigenvalue weighted by Crippen LogP contribution is 2.31. The van der Waals surface area contributed by atoms with E-state index in [0.717, 1.165) is 0 Å². The summed E-state index contributed by atoms with van der Waals surface area (Å²) in [5.74, 6) is 0. The predicted octanol–water partition coefficient (Wildman–Crippen LogP) is 3.58. The van der Waals surface area contributed by atoms with Gasteiger partial charge in [-0.2, -0.15) is 0 Å². The Balaban J connectivity index is 3.19. The van der Waals surface area contributed by atoms with Gasteiger partial charge in [0, 0.05) is 4.47 Å². The third-order valence-corrected chi connectivity index (χ3v) is 4.51. The van der Waals surface area contributed by atoms with Crippen LogP contribution in [0.5, 0.6) is 0 Å². The second-order valence-corrected chi connectivity index (χ2v) is 4.50. The molecule has 44 valence electrons. The lowest BCUT2D eigenvalue weighted by atomic mass is 10.4. The van der Waals surface area contributed by atoms with E-state index in [-0.39, 0.29) is 0 Å². The monoisotopic (exact) mass is 254 g/mol. The van der Waals surface area contributed by atoms with Crippen LogP contribution < -0.4 is 0 Å². The lowest BCUT2D eigenvalue weighted by Crippen LogP contribution is -1.59. The molecular formula is C5H4Br2S. The summed E-state index contributed by atoms with van der Waals surface area (Å²) in [5.41, 5.74) is 1.29. The minimum Gasteiger partial charge on any atom is -0.135 e. The van der Waals surface area contributed by atoms with Gasteiger partial charge in [0.2, 0.25) is 0 Å². The van der Waals surface area contributed by atoms with E-state index in [1.54, 1.807) is 11.3 Å². The smallest absolute Gasteiger partial charge is 0.0843 e. The summed E-state index contributed by atoms with van der Waals surface area (Å²) in [6, 6.07) is 0. The molecule has 0 aromatic carbocycles. The van der Waals surface area contributed by atoms with E-state index in [9.17, 15) is 0 Å². The molecule has 0 aliphatic carbocycles. The Kier molecular flexibility index (Phi) is 2.12. The third kappa shape index (κ3) is 1.14. The van der Waals surface area contributed by atoms with Crippen molar-refractivity contribution in [2.45, 2.75) is 6.92 Å². The summed E-state index contributed by atoms with van der Waals surface area (Å²) in [7, 11) is 0. The average Bonchev–Trinajstić information content (AvgIpc) is 1.98. The molecule has 1 rings (SSSR count). The maximum atomic E-state index is 3.41. The Bertz CT molecular complexity index is 173. The SMILES string of the molecule is Cc1csc(Br)c1Br. The van der Waals surface area contributed by atoms with E-state index in [2.05, 4.69) is 44.2 Å². The molecule has 0 radical (unpaired) electrons. The van der Waals surface area contributed by atoms with Crippen molar-refractivity contribution in [2.24, 2.45) is 0 Å². The lowest BCUT2D eigenvalue weighted by molar-refractivity contribution is 1.51. The first-order valence-electron chi connectivity index (χ1n) is 2.11. The third-order valence-electron chi connectivity index (χ3n) is 0.858. The maximum absolute atomic E-state index is 3.41. The van der Waals surface area contributed by atoms with Crippen molar-refractivity contribution in [3.8, 4) is 0 Å². The molecule has 1 aromatic heterocycles. The molecule has 0 spiro atoms. The number of halogens is 2. The van der Waals surface area contributed by atoms with Crippen LogP contribution in [0.15, 0.2) is 13.6 Å². The van der Waals surface area contributed by atoms with Crippen LogP contribution in [0.1, 0.15) is 5.56 Å². The normalized spacial score (nSPS) is 9.88. The summed E-state index contributed by atoms with van der Waals surface area (Å²) in [6.07, 6.45) is 0. The van der Waals surface area contributed by atoms with Gasteiger partial charge in [0.25, 0.3) is 0 Å². The first kappa shape index (κ1) is 6.78. The van der Waals surface area contributed by atoms with E-state index in [4.69, 9.17) is 0 Å². The first-order valence-corrected chi connectivity index (χ1v) is 4.57. The van der Waals surface area contributed by atoms with Crippen LogP contribution in [0.25, 0.3) is 0 Å². The van der Waals surface area contributed by atoms with Crippen LogP contribution in [-0.4, -0.2) is 0 Å². The van der Waals surface area contributed by atoms with Gasteiger partial charge in [-0.15, -0.1) is 11.3 Å². The molecule has 1 aromatic rings. The van der Waals surface area contributed by atoms with Crippen molar-refractivity contribution >= 4 is 43.2 Å². The quantitative estimate of drug-likeness (QED) is 0.665. The van der Waals surface area contributed by atoms with Gasteiger partial charge in [0.05, 0.1) is 3.79 Å². The van der Waals surface area contributed by atoms with Crippen LogP contribution in [0, 0.1) is 6.92 Å². The van der Waals surface area contributed by atoms with Crippen LogP contribution >= 0.6 is 43.2 Å². The van der Waals surface area contributed by atoms with Crippen LogP contribution in [-0.2, 0) is 0 Å². The lowest BCUT2D eigenvalue weighted by Gasteiger charge is -1.82. The zero-order valence-corrected chi connectivity index (χ0v) is 8.23. The second kappa shape index (κ2) is 2.50. The van der Waals surface area contributed by atoms with Crippen LogP contribution in [0.2, 0.25) is 0 Å². The minimum absolute atomic E-state index is 1.18. The molecule has 0 aliphatic rings. The Morgan fingerprint density at radius 3 is 2.25 bits per heavy atom. The summed E-state index contributed by atoms with van der Waals surface area (Å²) < 4.78 is 2.36. The number of rotatable bonds is 0. The molecular weight excluding hydrogens is 252 g/mol. The van der Waals surface area contributed by atoms with E-state index in [1.165, 1.54) is 13.8 Å². The van der Waals surface area contributed by atoms with E-state index in [0.29, 0.717) is 0 Å². The average molecular weight is 256 g/mol. The molecule has 0 fully saturated rings. The molecule has 0 N–H and O–H groups in total. The van der Waals surface area contributed by atoms with Gasteiger partial charge in [-0.1, -0.05) is 0 Å². The fourth-order valence-electron chi connectivity index (χ4n) is 0.399. The second-order valence-electron chi connectivity index (χ2n) is 1.51. The fraction of sp³-hybridized carbons (Fsp3) is 0.200. The topological polar surface area (TPSA) is 0 Å². The van der Waals surface area contributed by atoms with Crippen molar-refractivity contribution in [1.82, 2.24) is 0 Å². The first-order chi connectivity index (χ1) is 3.72. The Morgan fingerprint density at radius 1 is 1.50 bits per heavy atom. The standard InChI is InChI=1S/C5H4Br2S/c1-3-2-8-5(7)4(3)6/h2H,1H3. The Hall–Kier alpha value is 0.660. The summed E-state index contributed by atoms with van der Waals surface area (Å²) in [4.78, 5) is 0. The molecule has 0 atom stereocenters. The molecule has 0 amide bonds. The zero-order chi connectivity index (χ0) is 6.15. The number of aryl methyl sites for hydroxylation is 1. The molecule has 0 aliphatic heterocycles. The molecule has 3 heteroatoms. The molecule has 0 nitrogen and oxygen atoms in total. The number of thiophene rings is 1. The van der Waals surface area contributed by atoms with Gasteiger partial charge in [0.15, 0.2) is 0 Å². The van der Waals surface area contributed by atoms with Gasteiger partial charge in [-0.25, -0.2) is 0 Å². The molecule has 0 saturated heterocycles. The van der Waals surface area contributed by atoms with Gasteiger partial charge in [0.1, 0.15) is 0 Å². The van der Waals surface area contributed by atoms with Crippen molar-refractivity contribution in [3.05, 3.63) is 19.2 Å². The van der Waals surface area contributed by atoms with E-state index < -0.39 is 0 Å². The number of hydrogen-bond donors (Lipinski definition) is 0. The van der Waals surface area contributed by atoms with Crippen molar-refractivity contribution in [3.63, 3.8) is 0 Å². The maximum Gasteiger partial charge on any atom is 0.0843 e. The van der Waals surface area contributed by atoms with Crippen molar-refractivity contribution in [2.75, 3.05) is 0 Å². The summed E-state index contributed by atoms with van der Waals surface area (Å²) in [6.45, 7) is 2.07. The fourth-order valence-corrected chi connectivity index (χ4v) is 2.20. The Morgan fingerprint density at radius 2 is 2.12 bits per heavy atom. The molecule has 0 bridgehead atoms. The highest BCUT2D eigenvalue weighted by Gasteiger charge is 1.99. The Labute approximate surface area is 69.2 Å². The van der Waals surface area contributed by atoms with Crippen LogP contribution in [0.4, 0.5) is 0 Å². The summed E-state index contributed by atoms with van der Waals surface area (Å²) in [5, 5.41) is 2.11. The van der Waals surface area contributed by atoms with Crippen molar-refractivity contribution < 1.29 is 0 Å². The molecule has 8 heavy (non-hydrogen) atoms. The molecule has 0 unspecified atom stereocenters. The van der Waals surface area contributed by atoms with Crippen molar-refractivity contribution in [1.29, 1.82) is 0 Å². The van der Waals surface area contributed by atoms with Gasteiger partial charge >= 0.3 is 0 Å². The van der Waals surface area contributed by atoms with Gasteiger partial charge in [-0.3, -0.25) is 0 Å². The highest BCUT2D eigenvalue weighted by molar-refractivity contribution is 9.13. The minimum atomic E-state index is 1.18. The molecule has 1 heterocycles. The van der Waals surface area contributed by atoms with Gasteiger partial charge < -0.3 is 0 Å². The van der Waals surface area contributed by atoms with Gasteiger partial charge in [-0.05, 0) is 49.7 Å².